The molecule has 4 aliphatic rings. The van der Waals surface area contributed by atoms with Crippen molar-refractivity contribution in [3.05, 3.63) is 80.0 Å². The molecular formula is C52H64N10O10. The minimum absolute atomic E-state index is 0.00645. The quantitative estimate of drug-likeness (QED) is 0.136. The van der Waals surface area contributed by atoms with Crippen molar-refractivity contribution < 1.29 is 33.9 Å². The van der Waals surface area contributed by atoms with Crippen molar-refractivity contribution in [2.45, 2.75) is 145 Å². The lowest BCUT2D eigenvalue weighted by Gasteiger charge is -2.57. The van der Waals surface area contributed by atoms with Gasteiger partial charge < -0.3 is 5.11 Å². The first-order valence-corrected chi connectivity index (χ1v) is 24.3. The van der Waals surface area contributed by atoms with Gasteiger partial charge in [0.2, 0.25) is 30.7 Å². The van der Waals surface area contributed by atoms with Crippen molar-refractivity contribution >= 4 is 47.8 Å². The second kappa shape index (κ2) is 19.6. The van der Waals surface area contributed by atoms with Crippen LogP contribution in [0.3, 0.4) is 0 Å². The largest absolute Gasteiger partial charge is 0.356 e. The Kier molecular flexibility index (Phi) is 14.4. The van der Waals surface area contributed by atoms with Gasteiger partial charge in [-0.2, -0.15) is 4.99 Å². The van der Waals surface area contributed by atoms with Gasteiger partial charge in [-0.05, 0) is 127 Å². The Bertz CT molecular complexity index is 3040. The van der Waals surface area contributed by atoms with E-state index >= 15 is 19.2 Å². The second-order valence-electron chi connectivity index (χ2n) is 23.7. The SMILES string of the molecule is CC1(C)CC(N2C(=O)N(C3CC(C)(CN=C=O)CCC3(C)C)C(=O)N(c3cccc(-n4c(=O)n(-c5cccc(N=C=O)c5)c(=O)n(C5CC(C)(CN=C=O)CCC5(C)C)c4=O)c3)C2O)CC(C)(CN=C=O)C1. The average molecular weight is 989 g/mol. The molecule has 3 aliphatic carbocycles. The molecule has 382 valence electrons. The number of carbonyl (C=O) groups is 2. The van der Waals surface area contributed by atoms with Crippen molar-refractivity contribution in [1.82, 2.24) is 23.5 Å². The molecule has 20 nitrogen and oxygen atoms in total. The number of rotatable bonds is 13. The monoisotopic (exact) mass is 988 g/mol. The van der Waals surface area contributed by atoms with Gasteiger partial charge in [0.15, 0.2) is 0 Å². The lowest BCUT2D eigenvalue weighted by molar-refractivity contribution is -0.0685. The Morgan fingerprint density at radius 3 is 1.61 bits per heavy atom. The van der Waals surface area contributed by atoms with Gasteiger partial charge in [0.25, 0.3) is 0 Å². The highest BCUT2D eigenvalue weighted by atomic mass is 16.3. The molecule has 1 N–H and O–H groups in total. The standard InChI is InChI=1S/C52H64N10O10/c1-47(2)22-38(23-52(9,26-47)29-55-32-65)60-42(68)59(45(71)62(46(60)72)40-25-51(8,28-54-31-64)19-17-49(40,5)6)37-15-11-14-36(21-37)58-41(67)57(35-13-10-12-34(20-35)56-33-66)43(69)61(44(58)70)39-24-50(7,27-53-30-63)18-16-48(39,3)4/h10-15,20-21,38-40,42,68H,16-19,22-29H2,1-9H3. The van der Waals surface area contributed by atoms with Crippen LogP contribution in [0.2, 0.25) is 0 Å². The summed E-state index contributed by atoms with van der Waals surface area (Å²) in [7, 11) is 0. The van der Waals surface area contributed by atoms with E-state index in [2.05, 4.69) is 20.0 Å². The summed E-state index contributed by atoms with van der Waals surface area (Å²) < 4.78 is 2.64. The number of benzene rings is 2. The van der Waals surface area contributed by atoms with E-state index < -0.39 is 86.1 Å². The number of hydrogen-bond donors (Lipinski definition) is 1. The highest BCUT2D eigenvalue weighted by Crippen LogP contribution is 2.53. The van der Waals surface area contributed by atoms with E-state index in [9.17, 15) is 29.1 Å². The number of anilines is 1. The molecule has 0 radical (unpaired) electrons. The van der Waals surface area contributed by atoms with Crippen LogP contribution in [-0.2, 0) is 19.2 Å². The Morgan fingerprint density at radius 2 is 1.06 bits per heavy atom. The highest BCUT2D eigenvalue weighted by molar-refractivity contribution is 6.05. The van der Waals surface area contributed by atoms with Gasteiger partial charge in [0.1, 0.15) is 0 Å². The molecule has 2 heterocycles. The molecule has 7 unspecified atom stereocenters. The third-order valence-electron chi connectivity index (χ3n) is 16.1. The number of aliphatic hydroxyl groups is 1. The van der Waals surface area contributed by atoms with Crippen LogP contribution < -0.4 is 22.0 Å². The molecule has 2 aromatic carbocycles. The van der Waals surface area contributed by atoms with E-state index in [1.165, 1.54) is 64.4 Å². The van der Waals surface area contributed by atoms with E-state index in [1.54, 1.807) is 18.2 Å². The maximum atomic E-state index is 15.5. The summed E-state index contributed by atoms with van der Waals surface area (Å²) in [6, 6.07) is 7.59. The molecule has 1 aromatic heterocycles. The average Bonchev–Trinajstić information content (AvgIpc) is 3.29. The Balaban J connectivity index is 1.45. The van der Waals surface area contributed by atoms with Gasteiger partial charge in [-0.25, -0.2) is 81.6 Å². The molecule has 0 spiro atoms. The number of aliphatic hydroxyl groups excluding tert-OH is 1. The van der Waals surface area contributed by atoms with Crippen LogP contribution in [0, 0.1) is 32.5 Å². The smallest absolute Gasteiger partial charge is 0.345 e. The van der Waals surface area contributed by atoms with Gasteiger partial charge in [-0.15, -0.1) is 0 Å². The number of aromatic nitrogens is 3. The van der Waals surface area contributed by atoms with Gasteiger partial charge in [-0.3, -0.25) is 4.90 Å². The summed E-state index contributed by atoms with van der Waals surface area (Å²) in [6.45, 7) is 17.9. The zero-order valence-electron chi connectivity index (χ0n) is 42.5. The van der Waals surface area contributed by atoms with Crippen LogP contribution in [0.15, 0.2) is 82.9 Å². The molecule has 3 aromatic rings. The summed E-state index contributed by atoms with van der Waals surface area (Å²) in [6.07, 6.45) is 8.48. The lowest BCUT2D eigenvalue weighted by Crippen LogP contribution is -2.73. The topological polar surface area (TPSA) is 248 Å². The summed E-state index contributed by atoms with van der Waals surface area (Å²) in [5, 5.41) is 12.7. The van der Waals surface area contributed by atoms with Gasteiger partial charge in [-0.1, -0.05) is 74.4 Å². The van der Waals surface area contributed by atoms with Crippen LogP contribution in [0.5, 0.6) is 0 Å². The third kappa shape index (κ3) is 10.1. The van der Waals surface area contributed by atoms with Crippen LogP contribution in [-0.4, -0.2) is 103 Å². The number of urea groups is 2. The maximum Gasteiger partial charge on any atom is 0.345 e. The summed E-state index contributed by atoms with van der Waals surface area (Å²) in [5.74, 6) is 0. The van der Waals surface area contributed by atoms with Gasteiger partial charge in [0.05, 0.1) is 42.4 Å². The van der Waals surface area contributed by atoms with E-state index in [0.29, 0.717) is 44.9 Å². The third-order valence-corrected chi connectivity index (χ3v) is 16.1. The Morgan fingerprint density at radius 1 is 0.556 bits per heavy atom. The zero-order chi connectivity index (χ0) is 52.8. The lowest BCUT2D eigenvalue weighted by atomic mass is 9.62. The molecular weight excluding hydrogens is 925 g/mol. The number of isocyanates is 4. The number of hydrogen-bond acceptors (Lipinski definition) is 14. The minimum atomic E-state index is -1.93. The molecule has 20 heteroatoms. The summed E-state index contributed by atoms with van der Waals surface area (Å²) in [5.41, 5.74) is -6.81. The number of amides is 4. The fraction of sp³-hybridized carbons (Fsp3) is 0.596. The first kappa shape index (κ1) is 52.9. The molecule has 7 atom stereocenters. The van der Waals surface area contributed by atoms with E-state index in [0.717, 1.165) is 18.6 Å². The van der Waals surface area contributed by atoms with Crippen molar-refractivity contribution in [3.63, 3.8) is 0 Å². The molecule has 4 amide bonds. The van der Waals surface area contributed by atoms with Crippen LogP contribution in [0.25, 0.3) is 11.4 Å². The van der Waals surface area contributed by atoms with Crippen molar-refractivity contribution in [2.24, 2.45) is 52.5 Å². The number of nitrogens with zero attached hydrogens (tertiary/aromatic N) is 10. The summed E-state index contributed by atoms with van der Waals surface area (Å²) >= 11 is 0. The molecule has 4 fully saturated rings. The van der Waals surface area contributed by atoms with E-state index in [4.69, 9.17) is 0 Å². The predicted octanol–water partition coefficient (Wildman–Crippen LogP) is 6.99. The van der Waals surface area contributed by atoms with Crippen LogP contribution in [0.1, 0.15) is 126 Å². The predicted molar refractivity (Wildman–Crippen MR) is 265 cm³/mol. The van der Waals surface area contributed by atoms with E-state index in [1.807, 2.05) is 62.3 Å². The fourth-order valence-electron chi connectivity index (χ4n) is 12.3. The first-order chi connectivity index (χ1) is 33.8. The van der Waals surface area contributed by atoms with Crippen molar-refractivity contribution in [2.75, 3.05) is 24.5 Å². The zero-order valence-corrected chi connectivity index (χ0v) is 42.5. The number of imide groups is 1. The van der Waals surface area contributed by atoms with Gasteiger partial charge >= 0.3 is 29.1 Å². The molecule has 1 saturated heterocycles. The normalized spacial score (nSPS) is 28.7. The maximum absolute atomic E-state index is 15.5. The first-order valence-electron chi connectivity index (χ1n) is 24.3. The fourth-order valence-corrected chi connectivity index (χ4v) is 12.3. The number of carbonyl (C=O) groups excluding carboxylic acids is 6. The minimum Gasteiger partial charge on any atom is -0.356 e. The van der Waals surface area contributed by atoms with E-state index in [-0.39, 0.29) is 55.2 Å². The molecule has 1 aliphatic heterocycles. The molecule has 7 rings (SSSR count). The molecule has 3 saturated carbocycles. The molecule has 72 heavy (non-hydrogen) atoms. The Hall–Kier alpha value is -6.93. The summed E-state index contributed by atoms with van der Waals surface area (Å²) in [4.78, 5) is 140. The van der Waals surface area contributed by atoms with Crippen LogP contribution >= 0.6 is 0 Å². The second-order valence-corrected chi connectivity index (χ2v) is 23.7. The Labute approximate surface area is 416 Å². The molecule has 0 bridgehead atoms. The van der Waals surface area contributed by atoms with Crippen molar-refractivity contribution in [3.8, 4) is 11.4 Å². The number of aliphatic imine (C=N–C) groups is 4. The van der Waals surface area contributed by atoms with Crippen molar-refractivity contribution in [1.29, 1.82) is 0 Å². The highest BCUT2D eigenvalue weighted by Gasteiger charge is 2.57. The van der Waals surface area contributed by atoms with Crippen LogP contribution in [0.4, 0.5) is 21.0 Å². The van der Waals surface area contributed by atoms with Gasteiger partial charge in [0, 0.05) is 18.1 Å².